The first-order chi connectivity index (χ1) is 11.8. The molecule has 5 nitrogen and oxygen atoms in total. The third-order valence-electron chi connectivity index (χ3n) is 4.25. The van der Waals surface area contributed by atoms with E-state index in [-0.39, 0.29) is 5.75 Å². The molecule has 0 saturated carbocycles. The van der Waals surface area contributed by atoms with Crippen LogP contribution in [0.4, 0.5) is 0 Å². The van der Waals surface area contributed by atoms with E-state index in [1.165, 1.54) is 37.2 Å². The molecule has 1 aromatic carbocycles. The van der Waals surface area contributed by atoms with Gasteiger partial charge in [0.15, 0.2) is 0 Å². The van der Waals surface area contributed by atoms with Crippen molar-refractivity contribution in [3.05, 3.63) is 41.3 Å². The van der Waals surface area contributed by atoms with Crippen LogP contribution in [0.2, 0.25) is 0 Å². The Morgan fingerprint density at radius 2 is 1.83 bits per heavy atom. The fourth-order valence-corrected chi connectivity index (χ4v) is 3.94. The normalized spacial score (nSPS) is 15.7. The molecule has 1 aliphatic heterocycles. The van der Waals surface area contributed by atoms with Crippen LogP contribution in [-0.2, 0) is 6.54 Å². The van der Waals surface area contributed by atoms with Crippen molar-refractivity contribution in [1.82, 2.24) is 15.0 Å². The Morgan fingerprint density at radius 3 is 2.62 bits per heavy atom. The van der Waals surface area contributed by atoms with Crippen molar-refractivity contribution in [2.45, 2.75) is 25.8 Å². The van der Waals surface area contributed by atoms with E-state index in [2.05, 4.69) is 27.2 Å². The Morgan fingerprint density at radius 1 is 1.04 bits per heavy atom. The number of piperidine rings is 1. The number of aromatic nitrogens is 2. The predicted molar refractivity (Wildman–Crippen MR) is 93.8 cm³/mol. The van der Waals surface area contributed by atoms with Gasteiger partial charge < -0.3 is 9.63 Å². The molecule has 0 atom stereocenters. The van der Waals surface area contributed by atoms with Crippen molar-refractivity contribution in [2.75, 3.05) is 13.1 Å². The minimum absolute atomic E-state index is 0.225. The number of hydrogen-bond acceptors (Lipinski definition) is 6. The zero-order chi connectivity index (χ0) is 16.4. The van der Waals surface area contributed by atoms with Gasteiger partial charge >= 0.3 is 0 Å². The summed E-state index contributed by atoms with van der Waals surface area (Å²) in [5.74, 6) is 1.31. The maximum absolute atomic E-state index is 9.36. The zero-order valence-corrected chi connectivity index (χ0v) is 14.1. The summed E-state index contributed by atoms with van der Waals surface area (Å²) in [4.78, 5) is 9.32. The standard InChI is InChI=1S/C18H19N3O2S/c22-14-6-4-13(5-7-14)17-19-18(23-20-17)16-9-8-15(24-16)12-21-10-2-1-3-11-21/h4-9,22H,1-3,10-12H2. The SMILES string of the molecule is Oc1ccc(-c2noc(-c3ccc(CN4CCCCC4)s3)n2)cc1. The first-order valence-corrected chi connectivity index (χ1v) is 9.04. The lowest BCUT2D eigenvalue weighted by Gasteiger charge is -2.25. The minimum atomic E-state index is 0.225. The number of phenolic OH excluding ortho intramolecular Hbond substituents is 1. The highest BCUT2D eigenvalue weighted by atomic mass is 32.1. The van der Waals surface area contributed by atoms with Gasteiger partial charge in [0, 0.05) is 17.0 Å². The zero-order valence-electron chi connectivity index (χ0n) is 13.3. The number of hydrogen-bond donors (Lipinski definition) is 1. The van der Waals surface area contributed by atoms with Crippen LogP contribution in [-0.4, -0.2) is 33.2 Å². The maximum Gasteiger partial charge on any atom is 0.268 e. The quantitative estimate of drug-likeness (QED) is 0.772. The number of likely N-dealkylation sites (tertiary alicyclic amines) is 1. The van der Waals surface area contributed by atoms with Gasteiger partial charge in [0.25, 0.3) is 5.89 Å². The van der Waals surface area contributed by atoms with E-state index in [1.807, 2.05) is 0 Å². The van der Waals surface area contributed by atoms with E-state index in [9.17, 15) is 5.11 Å². The Labute approximate surface area is 144 Å². The molecular weight excluding hydrogens is 322 g/mol. The van der Waals surface area contributed by atoms with Gasteiger partial charge in [-0.1, -0.05) is 11.6 Å². The predicted octanol–water partition coefficient (Wildman–Crippen LogP) is 4.16. The van der Waals surface area contributed by atoms with Gasteiger partial charge in [-0.3, -0.25) is 4.90 Å². The summed E-state index contributed by atoms with van der Waals surface area (Å²) in [5.41, 5.74) is 0.827. The maximum atomic E-state index is 9.36. The lowest BCUT2D eigenvalue weighted by Crippen LogP contribution is -2.28. The molecule has 2 aromatic heterocycles. The molecule has 1 fully saturated rings. The van der Waals surface area contributed by atoms with Crippen molar-refractivity contribution >= 4 is 11.3 Å². The molecule has 0 aliphatic carbocycles. The van der Waals surface area contributed by atoms with Gasteiger partial charge in [-0.25, -0.2) is 0 Å². The summed E-state index contributed by atoms with van der Waals surface area (Å²) in [5, 5.41) is 13.4. The first-order valence-electron chi connectivity index (χ1n) is 8.22. The molecule has 6 heteroatoms. The fraction of sp³-hybridized carbons (Fsp3) is 0.333. The molecule has 3 aromatic rings. The summed E-state index contributed by atoms with van der Waals surface area (Å²) in [6.07, 6.45) is 3.96. The third kappa shape index (κ3) is 3.34. The number of thiophene rings is 1. The summed E-state index contributed by atoms with van der Waals surface area (Å²) < 4.78 is 5.41. The highest BCUT2D eigenvalue weighted by Gasteiger charge is 2.15. The smallest absolute Gasteiger partial charge is 0.268 e. The van der Waals surface area contributed by atoms with Crippen LogP contribution < -0.4 is 0 Å². The summed E-state index contributed by atoms with van der Waals surface area (Å²) in [6, 6.07) is 11.0. The fourth-order valence-electron chi connectivity index (χ4n) is 2.97. The molecule has 4 rings (SSSR count). The number of benzene rings is 1. The molecular formula is C18H19N3O2S. The van der Waals surface area contributed by atoms with Gasteiger partial charge in [-0.2, -0.15) is 4.98 Å². The lowest BCUT2D eigenvalue weighted by molar-refractivity contribution is 0.222. The third-order valence-corrected chi connectivity index (χ3v) is 5.31. The molecule has 0 bridgehead atoms. The molecule has 1 N–H and O–H groups in total. The van der Waals surface area contributed by atoms with Gasteiger partial charge in [-0.15, -0.1) is 11.3 Å². The van der Waals surface area contributed by atoms with Gasteiger partial charge in [-0.05, 0) is 62.3 Å². The van der Waals surface area contributed by atoms with Crippen LogP contribution in [0.5, 0.6) is 5.75 Å². The van der Waals surface area contributed by atoms with Crippen LogP contribution in [0.15, 0.2) is 40.9 Å². The Kier molecular flexibility index (Phi) is 4.32. The summed E-state index contributed by atoms with van der Waals surface area (Å²) in [6.45, 7) is 3.39. The summed E-state index contributed by atoms with van der Waals surface area (Å²) in [7, 11) is 0. The highest BCUT2D eigenvalue weighted by molar-refractivity contribution is 7.15. The second kappa shape index (κ2) is 6.75. The van der Waals surface area contributed by atoms with E-state index >= 15 is 0 Å². The Bertz CT molecular complexity index is 804. The topological polar surface area (TPSA) is 62.4 Å². The molecule has 1 aliphatic rings. The second-order valence-corrected chi connectivity index (χ2v) is 7.24. The van der Waals surface area contributed by atoms with Crippen molar-refractivity contribution in [3.63, 3.8) is 0 Å². The first kappa shape index (κ1) is 15.4. The van der Waals surface area contributed by atoms with Crippen LogP contribution in [0, 0.1) is 0 Å². The van der Waals surface area contributed by atoms with Gasteiger partial charge in [0.2, 0.25) is 5.82 Å². The number of rotatable bonds is 4. The minimum Gasteiger partial charge on any atom is -0.508 e. The van der Waals surface area contributed by atoms with E-state index in [0.29, 0.717) is 11.7 Å². The largest absolute Gasteiger partial charge is 0.508 e. The monoisotopic (exact) mass is 341 g/mol. The average Bonchev–Trinajstić information content (AvgIpc) is 3.26. The Hall–Kier alpha value is -2.18. The Balaban J connectivity index is 1.49. The van der Waals surface area contributed by atoms with Crippen molar-refractivity contribution < 1.29 is 9.63 Å². The van der Waals surface area contributed by atoms with E-state index in [4.69, 9.17) is 4.52 Å². The molecule has 1 saturated heterocycles. The molecule has 124 valence electrons. The molecule has 3 heterocycles. The van der Waals surface area contributed by atoms with Crippen molar-refractivity contribution in [1.29, 1.82) is 0 Å². The second-order valence-electron chi connectivity index (χ2n) is 6.07. The molecule has 0 unspecified atom stereocenters. The highest BCUT2D eigenvalue weighted by Crippen LogP contribution is 2.30. The van der Waals surface area contributed by atoms with E-state index < -0.39 is 0 Å². The van der Waals surface area contributed by atoms with Crippen LogP contribution >= 0.6 is 11.3 Å². The van der Waals surface area contributed by atoms with Crippen LogP contribution in [0.1, 0.15) is 24.1 Å². The van der Waals surface area contributed by atoms with Gasteiger partial charge in [0.05, 0.1) is 4.88 Å². The summed E-state index contributed by atoms with van der Waals surface area (Å²) >= 11 is 1.71. The van der Waals surface area contributed by atoms with Crippen molar-refractivity contribution in [2.24, 2.45) is 0 Å². The van der Waals surface area contributed by atoms with E-state index in [1.54, 1.807) is 35.6 Å². The molecule has 24 heavy (non-hydrogen) atoms. The number of phenols is 1. The van der Waals surface area contributed by atoms with Crippen LogP contribution in [0.3, 0.4) is 0 Å². The molecule has 0 radical (unpaired) electrons. The van der Waals surface area contributed by atoms with Crippen LogP contribution in [0.25, 0.3) is 22.2 Å². The molecule has 0 spiro atoms. The molecule has 0 amide bonds. The van der Waals surface area contributed by atoms with E-state index in [0.717, 1.165) is 17.0 Å². The number of aromatic hydroxyl groups is 1. The average molecular weight is 341 g/mol. The van der Waals surface area contributed by atoms with Gasteiger partial charge in [0.1, 0.15) is 5.75 Å². The van der Waals surface area contributed by atoms with Crippen molar-refractivity contribution in [3.8, 4) is 27.9 Å². The number of nitrogens with zero attached hydrogens (tertiary/aromatic N) is 3. The lowest BCUT2D eigenvalue weighted by atomic mass is 10.1.